The van der Waals surface area contributed by atoms with Crippen molar-refractivity contribution in [1.29, 1.82) is 5.26 Å². The molecule has 0 aliphatic carbocycles. The summed E-state index contributed by atoms with van der Waals surface area (Å²) >= 11 is 0. The molecule has 0 atom stereocenters. The average molecular weight is 160 g/mol. The zero-order chi connectivity index (χ0) is 8.39. The molecule has 1 aromatic rings. The molecule has 1 aliphatic rings. The van der Waals surface area contributed by atoms with Crippen LogP contribution in [-0.2, 0) is 0 Å². The Hall–Kier alpha value is -1.69. The predicted molar refractivity (Wildman–Crippen MR) is 44.9 cm³/mol. The summed E-state index contributed by atoms with van der Waals surface area (Å²) in [5.41, 5.74) is 0.867. The molecule has 60 valence electrons. The zero-order valence-corrected chi connectivity index (χ0v) is 6.53. The van der Waals surface area contributed by atoms with E-state index in [1.54, 1.807) is 4.90 Å². The summed E-state index contributed by atoms with van der Waals surface area (Å²) in [7, 11) is 0. The number of benzene rings is 1. The van der Waals surface area contributed by atoms with Crippen molar-refractivity contribution in [3.63, 3.8) is 0 Å². The van der Waals surface area contributed by atoms with Crippen molar-refractivity contribution in [2.24, 2.45) is 0 Å². The van der Waals surface area contributed by atoms with Crippen LogP contribution in [0.2, 0.25) is 0 Å². The number of rotatable bonds is 0. The van der Waals surface area contributed by atoms with Gasteiger partial charge in [0.15, 0.2) is 6.19 Å². The van der Waals surface area contributed by atoms with Gasteiger partial charge in [-0.15, -0.1) is 0 Å². The molecule has 1 heterocycles. The van der Waals surface area contributed by atoms with Gasteiger partial charge in [-0.25, -0.2) is 0 Å². The molecule has 3 nitrogen and oxygen atoms in total. The van der Waals surface area contributed by atoms with Gasteiger partial charge in [0.05, 0.1) is 12.2 Å². The van der Waals surface area contributed by atoms with Crippen LogP contribution in [0.5, 0.6) is 5.75 Å². The molecule has 0 bridgehead atoms. The summed E-state index contributed by atoms with van der Waals surface area (Å²) < 4.78 is 5.36. The standard InChI is InChI=1S/C9H8N2O/c10-7-11-5-6-12-9-4-2-1-3-8(9)11/h1-4H,5-6H2. The van der Waals surface area contributed by atoms with Gasteiger partial charge in [0.2, 0.25) is 0 Å². The first-order valence-electron chi connectivity index (χ1n) is 3.81. The zero-order valence-electron chi connectivity index (χ0n) is 6.53. The van der Waals surface area contributed by atoms with E-state index >= 15 is 0 Å². The van der Waals surface area contributed by atoms with Gasteiger partial charge >= 0.3 is 0 Å². The highest BCUT2D eigenvalue weighted by molar-refractivity contribution is 5.62. The summed E-state index contributed by atoms with van der Waals surface area (Å²) in [5.74, 6) is 0.797. The van der Waals surface area contributed by atoms with Gasteiger partial charge in [0.25, 0.3) is 0 Å². The number of nitrogens with zero attached hydrogens (tertiary/aromatic N) is 2. The van der Waals surface area contributed by atoms with Gasteiger partial charge < -0.3 is 4.74 Å². The van der Waals surface area contributed by atoms with Crippen molar-refractivity contribution in [2.45, 2.75) is 0 Å². The summed E-state index contributed by atoms with van der Waals surface area (Å²) in [6, 6.07) is 7.56. The van der Waals surface area contributed by atoms with Crippen LogP contribution in [0.1, 0.15) is 0 Å². The van der Waals surface area contributed by atoms with E-state index in [1.807, 2.05) is 24.3 Å². The number of hydrogen-bond acceptors (Lipinski definition) is 3. The molecule has 0 aromatic heterocycles. The van der Waals surface area contributed by atoms with Crippen LogP contribution in [0.25, 0.3) is 0 Å². The van der Waals surface area contributed by atoms with Gasteiger partial charge in [0, 0.05) is 0 Å². The maximum atomic E-state index is 8.76. The van der Waals surface area contributed by atoms with Gasteiger partial charge in [-0.2, -0.15) is 5.26 Å². The number of nitriles is 1. The number of fused-ring (bicyclic) bond motifs is 1. The SMILES string of the molecule is N#CN1CCOc2ccccc21. The molecule has 0 amide bonds. The van der Waals surface area contributed by atoms with Crippen LogP contribution in [0.3, 0.4) is 0 Å². The van der Waals surface area contributed by atoms with Crippen LogP contribution in [-0.4, -0.2) is 13.2 Å². The van der Waals surface area contributed by atoms with E-state index < -0.39 is 0 Å². The van der Waals surface area contributed by atoms with Crippen molar-refractivity contribution >= 4 is 5.69 Å². The molecule has 3 heteroatoms. The Labute approximate surface area is 70.8 Å². The molecule has 0 N–H and O–H groups in total. The molecule has 0 radical (unpaired) electrons. The van der Waals surface area contributed by atoms with Crippen molar-refractivity contribution in [1.82, 2.24) is 0 Å². The first kappa shape index (κ1) is 6.99. The average Bonchev–Trinajstić information content (AvgIpc) is 2.17. The van der Waals surface area contributed by atoms with Crippen LogP contribution < -0.4 is 9.64 Å². The topological polar surface area (TPSA) is 36.3 Å². The molecule has 12 heavy (non-hydrogen) atoms. The lowest BCUT2D eigenvalue weighted by molar-refractivity contribution is 0.314. The van der Waals surface area contributed by atoms with Crippen molar-refractivity contribution in [3.8, 4) is 11.9 Å². The van der Waals surface area contributed by atoms with Gasteiger partial charge in [-0.1, -0.05) is 12.1 Å². The normalized spacial score (nSPS) is 14.4. The molecule has 1 aromatic carbocycles. The van der Waals surface area contributed by atoms with E-state index in [-0.39, 0.29) is 0 Å². The van der Waals surface area contributed by atoms with E-state index in [0.29, 0.717) is 13.2 Å². The number of anilines is 1. The summed E-state index contributed by atoms with van der Waals surface area (Å²) in [6.07, 6.45) is 2.11. The molecule has 0 fully saturated rings. The largest absolute Gasteiger partial charge is 0.489 e. The number of hydrogen-bond donors (Lipinski definition) is 0. The number of ether oxygens (including phenoxy) is 1. The van der Waals surface area contributed by atoms with Crippen molar-refractivity contribution in [3.05, 3.63) is 24.3 Å². The summed E-state index contributed by atoms with van der Waals surface area (Å²) in [6.45, 7) is 1.23. The quantitative estimate of drug-likeness (QED) is 0.538. The van der Waals surface area contributed by atoms with Gasteiger partial charge in [0.1, 0.15) is 12.4 Å². The lowest BCUT2D eigenvalue weighted by Crippen LogP contribution is -2.28. The Kier molecular flexibility index (Phi) is 1.60. The van der Waals surface area contributed by atoms with Gasteiger partial charge in [-0.05, 0) is 12.1 Å². The molecular formula is C9H8N2O. The first-order chi connectivity index (χ1) is 5.92. The Morgan fingerprint density at radius 3 is 3.08 bits per heavy atom. The minimum atomic E-state index is 0.588. The van der Waals surface area contributed by atoms with E-state index in [9.17, 15) is 0 Å². The second-order valence-electron chi connectivity index (χ2n) is 2.57. The molecule has 0 saturated heterocycles. The highest BCUT2D eigenvalue weighted by Gasteiger charge is 2.15. The molecule has 2 rings (SSSR count). The first-order valence-corrected chi connectivity index (χ1v) is 3.81. The maximum absolute atomic E-state index is 8.76. The minimum Gasteiger partial charge on any atom is -0.489 e. The van der Waals surface area contributed by atoms with Gasteiger partial charge in [-0.3, -0.25) is 4.90 Å². The molecule has 1 aliphatic heterocycles. The Morgan fingerprint density at radius 2 is 2.25 bits per heavy atom. The predicted octanol–water partition coefficient (Wildman–Crippen LogP) is 1.37. The van der Waals surface area contributed by atoms with E-state index in [4.69, 9.17) is 10.00 Å². The fourth-order valence-electron chi connectivity index (χ4n) is 1.27. The Balaban J connectivity index is 2.45. The van der Waals surface area contributed by atoms with E-state index in [0.717, 1.165) is 11.4 Å². The van der Waals surface area contributed by atoms with Crippen molar-refractivity contribution < 1.29 is 4.74 Å². The minimum absolute atomic E-state index is 0.588. The highest BCUT2D eigenvalue weighted by atomic mass is 16.5. The van der Waals surface area contributed by atoms with E-state index in [2.05, 4.69) is 6.19 Å². The smallest absolute Gasteiger partial charge is 0.184 e. The van der Waals surface area contributed by atoms with Crippen LogP contribution in [0.4, 0.5) is 5.69 Å². The second kappa shape index (κ2) is 2.74. The summed E-state index contributed by atoms with van der Waals surface area (Å²) in [4.78, 5) is 1.64. The summed E-state index contributed by atoms with van der Waals surface area (Å²) in [5, 5.41) is 8.76. The third-order valence-electron chi connectivity index (χ3n) is 1.85. The van der Waals surface area contributed by atoms with Crippen molar-refractivity contribution in [2.75, 3.05) is 18.1 Å². The van der Waals surface area contributed by atoms with E-state index in [1.165, 1.54) is 0 Å². The molecule has 0 unspecified atom stereocenters. The second-order valence-corrected chi connectivity index (χ2v) is 2.57. The van der Waals surface area contributed by atoms with Crippen LogP contribution in [0, 0.1) is 11.5 Å². The lowest BCUT2D eigenvalue weighted by Gasteiger charge is -2.24. The molecular weight excluding hydrogens is 152 g/mol. The Morgan fingerprint density at radius 1 is 1.42 bits per heavy atom. The fourth-order valence-corrected chi connectivity index (χ4v) is 1.27. The third-order valence-corrected chi connectivity index (χ3v) is 1.85. The fraction of sp³-hybridized carbons (Fsp3) is 0.222. The third kappa shape index (κ3) is 0.978. The monoisotopic (exact) mass is 160 g/mol. The highest BCUT2D eigenvalue weighted by Crippen LogP contribution is 2.29. The number of para-hydroxylation sites is 2. The van der Waals surface area contributed by atoms with Crippen LogP contribution >= 0.6 is 0 Å². The maximum Gasteiger partial charge on any atom is 0.184 e. The Bertz CT molecular complexity index is 330. The molecule has 0 spiro atoms. The molecule has 0 saturated carbocycles. The lowest BCUT2D eigenvalue weighted by atomic mass is 10.2. The van der Waals surface area contributed by atoms with Crippen LogP contribution in [0.15, 0.2) is 24.3 Å².